The van der Waals surface area contributed by atoms with Crippen molar-refractivity contribution in [3.63, 3.8) is 0 Å². The zero-order valence-corrected chi connectivity index (χ0v) is 10.9. The number of unbranched alkanes of at least 4 members (excludes halogenated alkanes) is 2. The predicted octanol–water partition coefficient (Wildman–Crippen LogP) is 0.707. The zero-order valence-electron chi connectivity index (χ0n) is 10.9. The van der Waals surface area contributed by atoms with Crippen LogP contribution in [0.15, 0.2) is 0 Å². The Bertz CT molecular complexity index is 187. The number of ether oxygens (including phenoxy) is 2. The van der Waals surface area contributed by atoms with Gasteiger partial charge in [0.25, 0.3) is 0 Å². The Kier molecular flexibility index (Phi) is 11.4. The van der Waals surface area contributed by atoms with Crippen LogP contribution in [-0.4, -0.2) is 50.6 Å². The maximum Gasteiger partial charge on any atom is 0.308 e. The third kappa shape index (κ3) is 11.6. The summed E-state index contributed by atoms with van der Waals surface area (Å²) in [4.78, 5) is 11.0. The first kappa shape index (κ1) is 16.4. The molecule has 5 heteroatoms. The average Bonchev–Trinajstić information content (AvgIpc) is 2.28. The Morgan fingerprint density at radius 1 is 1.35 bits per heavy atom. The molecular weight excluding hydrogens is 222 g/mol. The van der Waals surface area contributed by atoms with Crippen molar-refractivity contribution in [3.8, 4) is 0 Å². The van der Waals surface area contributed by atoms with Gasteiger partial charge in [-0.05, 0) is 32.7 Å². The minimum Gasteiger partial charge on any atom is -0.466 e. The van der Waals surface area contributed by atoms with Crippen LogP contribution in [0.2, 0.25) is 0 Å². The van der Waals surface area contributed by atoms with Gasteiger partial charge >= 0.3 is 5.97 Å². The number of aliphatic hydroxyl groups is 1. The molecule has 0 aromatic heterocycles. The Morgan fingerprint density at radius 3 is 2.76 bits per heavy atom. The lowest BCUT2D eigenvalue weighted by molar-refractivity contribution is -0.145. The fraction of sp³-hybridized carbons (Fsp3) is 0.917. The van der Waals surface area contributed by atoms with E-state index in [1.807, 2.05) is 0 Å². The molecule has 0 saturated heterocycles. The van der Waals surface area contributed by atoms with E-state index in [9.17, 15) is 9.90 Å². The summed E-state index contributed by atoms with van der Waals surface area (Å²) >= 11 is 0. The van der Waals surface area contributed by atoms with Gasteiger partial charge < -0.3 is 19.9 Å². The normalized spacial score (nSPS) is 12.4. The van der Waals surface area contributed by atoms with Crippen LogP contribution in [0.5, 0.6) is 0 Å². The van der Waals surface area contributed by atoms with E-state index in [-0.39, 0.29) is 12.4 Å². The topological polar surface area (TPSA) is 67.8 Å². The van der Waals surface area contributed by atoms with Gasteiger partial charge in [-0.2, -0.15) is 0 Å². The number of esters is 1. The third-order valence-electron chi connectivity index (χ3n) is 2.29. The molecule has 0 aliphatic heterocycles. The van der Waals surface area contributed by atoms with Crippen molar-refractivity contribution in [1.82, 2.24) is 5.32 Å². The molecule has 0 aliphatic rings. The molecule has 0 radical (unpaired) electrons. The quantitative estimate of drug-likeness (QED) is 0.416. The second-order valence-corrected chi connectivity index (χ2v) is 3.92. The van der Waals surface area contributed by atoms with Crippen LogP contribution < -0.4 is 5.32 Å². The van der Waals surface area contributed by atoms with Crippen molar-refractivity contribution in [2.24, 2.45) is 0 Å². The van der Waals surface area contributed by atoms with Gasteiger partial charge in [-0.1, -0.05) is 0 Å². The summed E-state index contributed by atoms with van der Waals surface area (Å²) in [6.07, 6.45) is 2.62. The molecule has 0 aromatic carbocycles. The summed E-state index contributed by atoms with van der Waals surface area (Å²) < 4.78 is 9.69. The highest BCUT2D eigenvalue weighted by atomic mass is 16.5. The van der Waals surface area contributed by atoms with Gasteiger partial charge in [-0.15, -0.1) is 0 Å². The first-order chi connectivity index (χ1) is 8.20. The monoisotopic (exact) mass is 247 g/mol. The van der Waals surface area contributed by atoms with E-state index < -0.39 is 6.10 Å². The zero-order chi connectivity index (χ0) is 12.9. The van der Waals surface area contributed by atoms with Gasteiger partial charge in [0.1, 0.15) is 0 Å². The van der Waals surface area contributed by atoms with Crippen molar-refractivity contribution >= 4 is 5.97 Å². The van der Waals surface area contributed by atoms with Gasteiger partial charge in [0.15, 0.2) is 0 Å². The number of hydrogen-bond donors (Lipinski definition) is 2. The number of aliphatic hydroxyl groups excluding tert-OH is 1. The molecule has 102 valence electrons. The summed E-state index contributed by atoms with van der Waals surface area (Å²) in [5.74, 6) is -0.345. The molecule has 0 aliphatic carbocycles. The van der Waals surface area contributed by atoms with Crippen LogP contribution in [0.3, 0.4) is 0 Å². The summed E-state index contributed by atoms with van der Waals surface area (Å²) in [7, 11) is 1.70. The minimum atomic E-state index is -0.659. The van der Waals surface area contributed by atoms with E-state index in [0.29, 0.717) is 13.2 Å². The highest BCUT2D eigenvalue weighted by Gasteiger charge is 2.10. The SMILES string of the molecule is CCOC(=O)CC(O)CNCCCCCOC. The van der Waals surface area contributed by atoms with Gasteiger partial charge in [0.05, 0.1) is 19.1 Å². The Morgan fingerprint density at radius 2 is 2.12 bits per heavy atom. The largest absolute Gasteiger partial charge is 0.466 e. The molecule has 0 saturated carbocycles. The number of carbonyl (C=O) groups is 1. The summed E-state index contributed by atoms with van der Waals surface area (Å²) in [6.45, 7) is 4.19. The highest BCUT2D eigenvalue weighted by molar-refractivity contribution is 5.69. The van der Waals surface area contributed by atoms with Crippen LogP contribution in [0.4, 0.5) is 0 Å². The molecule has 17 heavy (non-hydrogen) atoms. The molecule has 0 aromatic rings. The fourth-order valence-corrected chi connectivity index (χ4v) is 1.43. The molecule has 0 spiro atoms. The van der Waals surface area contributed by atoms with Crippen molar-refractivity contribution < 1.29 is 19.4 Å². The molecule has 0 fully saturated rings. The van der Waals surface area contributed by atoms with E-state index in [0.717, 1.165) is 32.4 Å². The van der Waals surface area contributed by atoms with E-state index in [1.54, 1.807) is 14.0 Å². The number of rotatable bonds is 11. The molecule has 0 amide bonds. The van der Waals surface area contributed by atoms with Crippen molar-refractivity contribution in [2.45, 2.75) is 38.7 Å². The lowest BCUT2D eigenvalue weighted by Crippen LogP contribution is -2.30. The van der Waals surface area contributed by atoms with Gasteiger partial charge in [-0.25, -0.2) is 0 Å². The van der Waals surface area contributed by atoms with Crippen molar-refractivity contribution in [1.29, 1.82) is 0 Å². The summed E-state index contributed by atoms with van der Waals surface area (Å²) in [5, 5.41) is 12.6. The third-order valence-corrected chi connectivity index (χ3v) is 2.29. The Hall–Kier alpha value is -0.650. The van der Waals surface area contributed by atoms with Crippen LogP contribution >= 0.6 is 0 Å². The maximum atomic E-state index is 11.0. The molecule has 1 atom stereocenters. The molecular formula is C12H25NO4. The lowest BCUT2D eigenvalue weighted by Gasteiger charge is -2.10. The smallest absolute Gasteiger partial charge is 0.308 e. The second kappa shape index (κ2) is 11.8. The lowest BCUT2D eigenvalue weighted by atomic mass is 10.2. The number of hydrogen-bond acceptors (Lipinski definition) is 5. The highest BCUT2D eigenvalue weighted by Crippen LogP contribution is 1.96. The minimum absolute atomic E-state index is 0.0600. The number of nitrogens with one attached hydrogen (secondary N) is 1. The van der Waals surface area contributed by atoms with E-state index in [2.05, 4.69) is 5.32 Å². The fourth-order valence-electron chi connectivity index (χ4n) is 1.43. The molecule has 0 bridgehead atoms. The van der Waals surface area contributed by atoms with E-state index in [4.69, 9.17) is 9.47 Å². The molecule has 5 nitrogen and oxygen atoms in total. The summed E-state index contributed by atoms with van der Waals surface area (Å²) in [5.41, 5.74) is 0. The van der Waals surface area contributed by atoms with Crippen LogP contribution in [0.1, 0.15) is 32.6 Å². The average molecular weight is 247 g/mol. The van der Waals surface area contributed by atoms with Crippen molar-refractivity contribution in [2.75, 3.05) is 33.4 Å². The molecule has 2 N–H and O–H groups in total. The predicted molar refractivity (Wildman–Crippen MR) is 65.9 cm³/mol. The molecule has 1 unspecified atom stereocenters. The van der Waals surface area contributed by atoms with E-state index in [1.165, 1.54) is 0 Å². The maximum absolute atomic E-state index is 11.0. The number of carbonyl (C=O) groups excluding carboxylic acids is 1. The Labute approximate surface area is 103 Å². The van der Waals surface area contributed by atoms with Crippen molar-refractivity contribution in [3.05, 3.63) is 0 Å². The molecule has 0 heterocycles. The summed E-state index contributed by atoms with van der Waals surface area (Å²) in [6, 6.07) is 0. The van der Waals surface area contributed by atoms with Crippen LogP contribution in [-0.2, 0) is 14.3 Å². The Balaban J connectivity index is 3.27. The standard InChI is InChI=1S/C12H25NO4/c1-3-17-12(15)9-11(14)10-13-7-5-4-6-8-16-2/h11,13-14H,3-10H2,1-2H3. The van der Waals surface area contributed by atoms with Gasteiger partial charge in [-0.3, -0.25) is 4.79 Å². The molecule has 0 rings (SSSR count). The van der Waals surface area contributed by atoms with Crippen LogP contribution in [0, 0.1) is 0 Å². The second-order valence-electron chi connectivity index (χ2n) is 3.92. The number of methoxy groups -OCH3 is 1. The van der Waals surface area contributed by atoms with Gasteiger partial charge in [0.2, 0.25) is 0 Å². The van der Waals surface area contributed by atoms with Gasteiger partial charge in [0, 0.05) is 20.3 Å². The first-order valence-corrected chi connectivity index (χ1v) is 6.24. The van der Waals surface area contributed by atoms with E-state index >= 15 is 0 Å². The van der Waals surface area contributed by atoms with Crippen LogP contribution in [0.25, 0.3) is 0 Å². The first-order valence-electron chi connectivity index (χ1n) is 6.24.